The van der Waals surface area contributed by atoms with Crippen LogP contribution in [0.1, 0.15) is 51.1 Å². The zero-order valence-corrected chi connectivity index (χ0v) is 12.6. The van der Waals surface area contributed by atoms with E-state index in [0.29, 0.717) is 5.92 Å². The summed E-state index contributed by atoms with van der Waals surface area (Å²) in [6.07, 6.45) is 9.01. The van der Waals surface area contributed by atoms with Gasteiger partial charge in [-0.2, -0.15) is 11.8 Å². The van der Waals surface area contributed by atoms with E-state index >= 15 is 0 Å². The minimum Gasteiger partial charge on any atom is -0.370 e. The molecule has 18 heavy (non-hydrogen) atoms. The highest BCUT2D eigenvalue weighted by Crippen LogP contribution is 2.13. The molecule has 1 heterocycles. The summed E-state index contributed by atoms with van der Waals surface area (Å²) in [5.41, 5.74) is 1.10. The number of hydrogen-bond acceptors (Lipinski definition) is 4. The summed E-state index contributed by atoms with van der Waals surface area (Å²) >= 11 is 1.93. The van der Waals surface area contributed by atoms with Crippen molar-refractivity contribution in [3.05, 3.63) is 18.1 Å². The quantitative estimate of drug-likeness (QED) is 0.688. The first-order chi connectivity index (χ1) is 8.74. The first kappa shape index (κ1) is 15.3. The SMILES string of the molecule is CSCCCCCCNc1cc(C(C)C)ncn1. The summed E-state index contributed by atoms with van der Waals surface area (Å²) in [6, 6.07) is 2.05. The molecule has 1 N–H and O–H groups in total. The lowest BCUT2D eigenvalue weighted by molar-refractivity contribution is 0.688. The molecule has 102 valence electrons. The van der Waals surface area contributed by atoms with Crippen LogP contribution in [0.15, 0.2) is 12.4 Å². The summed E-state index contributed by atoms with van der Waals surface area (Å²) in [7, 11) is 0. The van der Waals surface area contributed by atoms with Crippen molar-refractivity contribution in [2.75, 3.05) is 23.9 Å². The number of nitrogens with one attached hydrogen (secondary N) is 1. The Morgan fingerprint density at radius 1 is 1.17 bits per heavy atom. The Hall–Kier alpha value is -0.770. The minimum atomic E-state index is 0.458. The van der Waals surface area contributed by atoms with Gasteiger partial charge in [-0.3, -0.25) is 0 Å². The van der Waals surface area contributed by atoms with Crippen LogP contribution in [-0.2, 0) is 0 Å². The lowest BCUT2D eigenvalue weighted by atomic mass is 10.1. The van der Waals surface area contributed by atoms with E-state index in [2.05, 4.69) is 41.5 Å². The van der Waals surface area contributed by atoms with E-state index < -0.39 is 0 Å². The van der Waals surface area contributed by atoms with Gasteiger partial charge in [0.2, 0.25) is 0 Å². The Labute approximate surface area is 115 Å². The molecule has 0 saturated heterocycles. The van der Waals surface area contributed by atoms with Gasteiger partial charge < -0.3 is 5.32 Å². The van der Waals surface area contributed by atoms with Gasteiger partial charge in [0.1, 0.15) is 12.1 Å². The van der Waals surface area contributed by atoms with E-state index in [-0.39, 0.29) is 0 Å². The topological polar surface area (TPSA) is 37.8 Å². The number of unbranched alkanes of at least 4 members (excludes halogenated alkanes) is 3. The van der Waals surface area contributed by atoms with Crippen LogP contribution in [0.5, 0.6) is 0 Å². The fraction of sp³-hybridized carbons (Fsp3) is 0.714. The van der Waals surface area contributed by atoms with Crippen LogP contribution in [0, 0.1) is 0 Å². The fourth-order valence-corrected chi connectivity index (χ4v) is 2.22. The Bertz CT molecular complexity index is 329. The van der Waals surface area contributed by atoms with Crippen molar-refractivity contribution in [2.45, 2.75) is 45.4 Å². The van der Waals surface area contributed by atoms with Gasteiger partial charge in [0, 0.05) is 18.3 Å². The third kappa shape index (κ3) is 6.24. The second-order valence-electron chi connectivity index (χ2n) is 4.82. The number of anilines is 1. The van der Waals surface area contributed by atoms with E-state index in [1.165, 1.54) is 31.4 Å². The average Bonchev–Trinajstić information content (AvgIpc) is 2.38. The summed E-state index contributed by atoms with van der Waals surface area (Å²) < 4.78 is 0. The Kier molecular flexibility index (Phi) is 7.81. The molecule has 0 saturated carbocycles. The second kappa shape index (κ2) is 9.20. The first-order valence-electron chi connectivity index (χ1n) is 6.78. The van der Waals surface area contributed by atoms with Crippen LogP contribution in [0.4, 0.5) is 5.82 Å². The highest BCUT2D eigenvalue weighted by atomic mass is 32.2. The molecule has 3 nitrogen and oxygen atoms in total. The fourth-order valence-electron chi connectivity index (χ4n) is 1.73. The zero-order valence-electron chi connectivity index (χ0n) is 11.8. The maximum atomic E-state index is 4.26. The van der Waals surface area contributed by atoms with Crippen LogP contribution in [0.3, 0.4) is 0 Å². The van der Waals surface area contributed by atoms with Crippen molar-refractivity contribution < 1.29 is 0 Å². The van der Waals surface area contributed by atoms with Crippen LogP contribution in [-0.4, -0.2) is 28.5 Å². The second-order valence-corrected chi connectivity index (χ2v) is 5.80. The predicted molar refractivity (Wildman–Crippen MR) is 81.5 cm³/mol. The lowest BCUT2D eigenvalue weighted by Crippen LogP contribution is -2.05. The molecule has 0 atom stereocenters. The number of hydrogen-bond donors (Lipinski definition) is 1. The third-order valence-electron chi connectivity index (χ3n) is 2.86. The Morgan fingerprint density at radius 3 is 2.67 bits per heavy atom. The molecule has 0 aromatic carbocycles. The molecule has 1 rings (SSSR count). The monoisotopic (exact) mass is 267 g/mol. The number of rotatable bonds is 9. The molecule has 0 aliphatic rings. The summed E-state index contributed by atoms with van der Waals surface area (Å²) in [5, 5.41) is 3.37. The zero-order chi connectivity index (χ0) is 13.2. The summed E-state index contributed by atoms with van der Waals surface area (Å²) in [4.78, 5) is 8.51. The molecular weight excluding hydrogens is 242 g/mol. The van der Waals surface area contributed by atoms with Crippen LogP contribution in [0.25, 0.3) is 0 Å². The number of nitrogens with zero attached hydrogens (tertiary/aromatic N) is 2. The highest BCUT2D eigenvalue weighted by Gasteiger charge is 2.02. The van der Waals surface area contributed by atoms with E-state index in [1.807, 2.05) is 11.8 Å². The van der Waals surface area contributed by atoms with E-state index in [0.717, 1.165) is 18.1 Å². The van der Waals surface area contributed by atoms with Gasteiger partial charge in [-0.25, -0.2) is 9.97 Å². The normalized spacial score (nSPS) is 10.9. The van der Waals surface area contributed by atoms with Gasteiger partial charge in [-0.1, -0.05) is 26.7 Å². The van der Waals surface area contributed by atoms with Crippen LogP contribution >= 0.6 is 11.8 Å². The lowest BCUT2D eigenvalue weighted by Gasteiger charge is -2.08. The molecule has 0 amide bonds. The van der Waals surface area contributed by atoms with Gasteiger partial charge in [0.15, 0.2) is 0 Å². The molecule has 0 aliphatic carbocycles. The van der Waals surface area contributed by atoms with E-state index in [4.69, 9.17) is 0 Å². The summed E-state index contributed by atoms with van der Waals surface area (Å²) in [5.74, 6) is 2.70. The predicted octanol–water partition coefficient (Wildman–Crippen LogP) is 3.94. The molecule has 0 radical (unpaired) electrons. The highest BCUT2D eigenvalue weighted by molar-refractivity contribution is 7.98. The Morgan fingerprint density at radius 2 is 1.94 bits per heavy atom. The molecule has 0 unspecified atom stereocenters. The van der Waals surface area contributed by atoms with E-state index in [9.17, 15) is 0 Å². The van der Waals surface area contributed by atoms with Gasteiger partial charge in [0.05, 0.1) is 0 Å². The molecule has 0 aliphatic heterocycles. The van der Waals surface area contributed by atoms with Gasteiger partial charge >= 0.3 is 0 Å². The van der Waals surface area contributed by atoms with Gasteiger partial charge in [-0.15, -0.1) is 0 Å². The van der Waals surface area contributed by atoms with Gasteiger partial charge in [-0.05, 0) is 30.8 Å². The summed E-state index contributed by atoms with van der Waals surface area (Å²) in [6.45, 7) is 5.31. The van der Waals surface area contributed by atoms with Crippen molar-refractivity contribution in [1.82, 2.24) is 9.97 Å². The molecular formula is C14H25N3S. The minimum absolute atomic E-state index is 0.458. The number of aromatic nitrogens is 2. The van der Waals surface area contributed by atoms with Crippen LogP contribution < -0.4 is 5.32 Å². The molecule has 4 heteroatoms. The standard InChI is InChI=1S/C14H25N3S/c1-12(2)13-10-14(17-11-16-13)15-8-6-4-5-7-9-18-3/h10-12H,4-9H2,1-3H3,(H,15,16,17). The van der Waals surface area contributed by atoms with Crippen molar-refractivity contribution >= 4 is 17.6 Å². The Balaban J connectivity index is 2.17. The maximum absolute atomic E-state index is 4.26. The van der Waals surface area contributed by atoms with Gasteiger partial charge in [0.25, 0.3) is 0 Å². The third-order valence-corrected chi connectivity index (χ3v) is 3.56. The maximum Gasteiger partial charge on any atom is 0.129 e. The first-order valence-corrected chi connectivity index (χ1v) is 8.18. The largest absolute Gasteiger partial charge is 0.370 e. The smallest absolute Gasteiger partial charge is 0.129 e. The molecule has 1 aromatic rings. The van der Waals surface area contributed by atoms with Crippen molar-refractivity contribution in [1.29, 1.82) is 0 Å². The number of thioether (sulfide) groups is 1. The molecule has 0 fully saturated rings. The van der Waals surface area contributed by atoms with Crippen molar-refractivity contribution in [2.24, 2.45) is 0 Å². The molecule has 1 aromatic heterocycles. The molecule has 0 bridgehead atoms. The molecule has 0 spiro atoms. The van der Waals surface area contributed by atoms with Crippen molar-refractivity contribution in [3.8, 4) is 0 Å². The van der Waals surface area contributed by atoms with Crippen LogP contribution in [0.2, 0.25) is 0 Å². The van der Waals surface area contributed by atoms with Crippen molar-refractivity contribution in [3.63, 3.8) is 0 Å². The van der Waals surface area contributed by atoms with E-state index in [1.54, 1.807) is 6.33 Å². The average molecular weight is 267 g/mol.